The Hall–Kier alpha value is -1.41. The number of carbonyl (C=O) groups is 1. The first kappa shape index (κ1) is 23.7. The van der Waals surface area contributed by atoms with Crippen molar-refractivity contribution in [3.05, 3.63) is 68.1 Å². The average molecular weight is 566 g/mol. The fourth-order valence-corrected chi connectivity index (χ4v) is 5.91. The summed E-state index contributed by atoms with van der Waals surface area (Å²) >= 11 is 7.13. The van der Waals surface area contributed by atoms with Gasteiger partial charge in [-0.25, -0.2) is 4.79 Å². The largest absolute Gasteiger partial charge is 0.444 e. The van der Waals surface area contributed by atoms with Gasteiger partial charge in [-0.1, -0.05) is 56.1 Å². The molecule has 5 nitrogen and oxygen atoms in total. The van der Waals surface area contributed by atoms with Gasteiger partial charge in [0.1, 0.15) is 5.60 Å². The Bertz CT molecular complexity index is 948. The van der Waals surface area contributed by atoms with Gasteiger partial charge < -0.3 is 14.4 Å². The van der Waals surface area contributed by atoms with Crippen LogP contribution in [-0.4, -0.2) is 53.8 Å². The molecule has 2 aliphatic rings. The van der Waals surface area contributed by atoms with Crippen LogP contribution in [0.2, 0.25) is 0 Å². The van der Waals surface area contributed by atoms with E-state index in [0.29, 0.717) is 19.7 Å². The number of hydrogen-bond acceptors (Lipinski definition) is 4. The van der Waals surface area contributed by atoms with Crippen LogP contribution in [0.15, 0.2) is 51.4 Å². The van der Waals surface area contributed by atoms with Crippen molar-refractivity contribution in [2.45, 2.75) is 51.5 Å². The molecule has 1 aliphatic heterocycles. The molecule has 1 fully saturated rings. The van der Waals surface area contributed by atoms with Crippen LogP contribution in [0.1, 0.15) is 43.5 Å². The molecule has 2 aromatic rings. The van der Waals surface area contributed by atoms with Crippen LogP contribution in [0.5, 0.6) is 0 Å². The van der Waals surface area contributed by atoms with E-state index in [1.54, 1.807) is 0 Å². The van der Waals surface area contributed by atoms with Gasteiger partial charge in [-0.3, -0.25) is 4.90 Å². The maximum atomic E-state index is 12.5. The van der Waals surface area contributed by atoms with E-state index in [9.17, 15) is 4.79 Å². The van der Waals surface area contributed by atoms with Gasteiger partial charge in [-0.2, -0.15) is 0 Å². The molecule has 32 heavy (non-hydrogen) atoms. The number of fused-ring (bicyclic) bond motifs is 1. The maximum absolute atomic E-state index is 12.5. The van der Waals surface area contributed by atoms with Crippen molar-refractivity contribution < 1.29 is 14.3 Å². The van der Waals surface area contributed by atoms with Gasteiger partial charge in [0.25, 0.3) is 0 Å². The Labute approximate surface area is 207 Å². The summed E-state index contributed by atoms with van der Waals surface area (Å²) in [7, 11) is 0. The minimum absolute atomic E-state index is 0.0817. The number of carbonyl (C=O) groups excluding carboxylic acids is 1. The molecule has 0 bridgehead atoms. The predicted molar refractivity (Wildman–Crippen MR) is 133 cm³/mol. The smallest absolute Gasteiger partial charge is 0.410 e. The SMILES string of the molecule is CC(C)(C)OC(=O)N1CCN([C@@H]2c3ccccc3C[C@H]2OCc2cc(Br)cc(Br)c2)CC1. The molecular formula is C25H30Br2N2O3. The molecule has 0 spiro atoms. The van der Waals surface area contributed by atoms with E-state index < -0.39 is 5.60 Å². The fourth-order valence-electron chi connectivity index (χ4n) is 4.53. The van der Waals surface area contributed by atoms with Crippen molar-refractivity contribution in [3.8, 4) is 0 Å². The van der Waals surface area contributed by atoms with Gasteiger partial charge in [0, 0.05) is 41.5 Å². The lowest BCUT2D eigenvalue weighted by Crippen LogP contribution is -2.52. The Morgan fingerprint density at radius 3 is 2.34 bits per heavy atom. The summed E-state index contributed by atoms with van der Waals surface area (Å²) in [5, 5.41) is 0. The van der Waals surface area contributed by atoms with Gasteiger partial charge in [0.2, 0.25) is 0 Å². The molecule has 0 saturated carbocycles. The lowest BCUT2D eigenvalue weighted by Gasteiger charge is -2.40. The molecule has 1 saturated heterocycles. The van der Waals surface area contributed by atoms with Gasteiger partial charge in [0.05, 0.1) is 18.8 Å². The van der Waals surface area contributed by atoms with Crippen molar-refractivity contribution >= 4 is 38.0 Å². The van der Waals surface area contributed by atoms with Crippen LogP contribution in [0.3, 0.4) is 0 Å². The second kappa shape index (κ2) is 9.84. The van der Waals surface area contributed by atoms with Crippen molar-refractivity contribution in [1.29, 1.82) is 0 Å². The van der Waals surface area contributed by atoms with Crippen molar-refractivity contribution in [2.75, 3.05) is 26.2 Å². The summed E-state index contributed by atoms with van der Waals surface area (Å²) in [6.45, 7) is 9.22. The minimum atomic E-state index is -0.473. The first-order valence-corrected chi connectivity index (χ1v) is 12.6. The minimum Gasteiger partial charge on any atom is -0.444 e. The van der Waals surface area contributed by atoms with Crippen LogP contribution in [0.4, 0.5) is 4.79 Å². The third-order valence-corrected chi connectivity index (χ3v) is 6.81. The molecule has 2 aromatic carbocycles. The summed E-state index contributed by atoms with van der Waals surface area (Å²) in [5.74, 6) is 0. The average Bonchev–Trinajstić information content (AvgIpc) is 3.09. The summed E-state index contributed by atoms with van der Waals surface area (Å²) in [5.41, 5.74) is 3.36. The molecule has 1 amide bonds. The Morgan fingerprint density at radius 1 is 1.03 bits per heavy atom. The molecule has 0 aromatic heterocycles. The number of rotatable bonds is 4. The normalized spacial score (nSPS) is 21.5. The van der Waals surface area contributed by atoms with Gasteiger partial charge in [-0.15, -0.1) is 0 Å². The van der Waals surface area contributed by atoms with E-state index in [2.05, 4.69) is 73.2 Å². The molecular weight excluding hydrogens is 536 g/mol. The number of ether oxygens (including phenoxy) is 2. The molecule has 1 aliphatic carbocycles. The molecule has 172 valence electrons. The van der Waals surface area contributed by atoms with E-state index in [1.807, 2.05) is 31.7 Å². The molecule has 4 rings (SSSR count). The molecule has 1 heterocycles. The highest BCUT2D eigenvalue weighted by molar-refractivity contribution is 9.11. The zero-order valence-electron chi connectivity index (χ0n) is 18.8. The van der Waals surface area contributed by atoms with Gasteiger partial charge >= 0.3 is 6.09 Å². The summed E-state index contributed by atoms with van der Waals surface area (Å²) in [6.07, 6.45) is 0.762. The van der Waals surface area contributed by atoms with E-state index >= 15 is 0 Å². The second-order valence-electron chi connectivity index (χ2n) is 9.48. The van der Waals surface area contributed by atoms with Crippen LogP contribution < -0.4 is 0 Å². The first-order valence-electron chi connectivity index (χ1n) is 11.1. The van der Waals surface area contributed by atoms with E-state index in [0.717, 1.165) is 34.0 Å². The van der Waals surface area contributed by atoms with Crippen LogP contribution in [-0.2, 0) is 22.5 Å². The predicted octanol–water partition coefficient (Wildman–Crippen LogP) is 5.95. The maximum Gasteiger partial charge on any atom is 0.410 e. The Balaban J connectivity index is 1.44. The topological polar surface area (TPSA) is 42.0 Å². The summed E-state index contributed by atoms with van der Waals surface area (Å²) < 4.78 is 14.1. The Kier molecular flexibility index (Phi) is 7.30. The second-order valence-corrected chi connectivity index (χ2v) is 11.3. The zero-order valence-corrected chi connectivity index (χ0v) is 22.0. The van der Waals surface area contributed by atoms with Crippen molar-refractivity contribution in [2.24, 2.45) is 0 Å². The third kappa shape index (κ3) is 5.74. The van der Waals surface area contributed by atoms with E-state index in [4.69, 9.17) is 9.47 Å². The highest BCUT2D eigenvalue weighted by Gasteiger charge is 2.39. The van der Waals surface area contributed by atoms with Crippen LogP contribution in [0, 0.1) is 0 Å². The molecule has 2 atom stereocenters. The molecule has 7 heteroatoms. The van der Waals surface area contributed by atoms with Crippen molar-refractivity contribution in [1.82, 2.24) is 9.80 Å². The quantitative estimate of drug-likeness (QED) is 0.459. The number of hydrogen-bond donors (Lipinski definition) is 0. The van der Waals surface area contributed by atoms with Crippen LogP contribution >= 0.6 is 31.9 Å². The van der Waals surface area contributed by atoms with Gasteiger partial charge in [0.15, 0.2) is 0 Å². The lowest BCUT2D eigenvalue weighted by atomic mass is 10.1. The third-order valence-electron chi connectivity index (χ3n) is 5.89. The first-order chi connectivity index (χ1) is 15.2. The number of nitrogens with zero attached hydrogens (tertiary/aromatic N) is 2. The van der Waals surface area contributed by atoms with Gasteiger partial charge in [-0.05, 0) is 55.7 Å². The highest BCUT2D eigenvalue weighted by atomic mass is 79.9. The Morgan fingerprint density at radius 2 is 1.69 bits per heavy atom. The lowest BCUT2D eigenvalue weighted by molar-refractivity contribution is -0.0330. The number of benzene rings is 2. The number of halogens is 2. The standard InChI is InChI=1S/C25H30Br2N2O3/c1-25(2,3)32-24(30)29-10-8-28(9-11-29)23-21-7-5-4-6-18(21)14-22(23)31-16-17-12-19(26)15-20(27)13-17/h4-7,12-13,15,22-23H,8-11,14,16H2,1-3H3/t22-,23-/m1/s1. The molecule has 0 unspecified atom stereocenters. The summed E-state index contributed by atoms with van der Waals surface area (Å²) in [4.78, 5) is 16.8. The molecule has 0 N–H and O–H groups in total. The van der Waals surface area contributed by atoms with E-state index in [-0.39, 0.29) is 18.2 Å². The van der Waals surface area contributed by atoms with E-state index in [1.165, 1.54) is 11.1 Å². The zero-order chi connectivity index (χ0) is 22.9. The number of piperazine rings is 1. The monoisotopic (exact) mass is 564 g/mol. The fraction of sp³-hybridized carbons (Fsp3) is 0.480. The molecule has 0 radical (unpaired) electrons. The van der Waals surface area contributed by atoms with Crippen molar-refractivity contribution in [3.63, 3.8) is 0 Å². The highest BCUT2D eigenvalue weighted by Crippen LogP contribution is 2.39. The summed E-state index contributed by atoms with van der Waals surface area (Å²) in [6, 6.07) is 15.1. The number of amides is 1. The van der Waals surface area contributed by atoms with Crippen LogP contribution in [0.25, 0.3) is 0 Å².